The summed E-state index contributed by atoms with van der Waals surface area (Å²) in [6, 6.07) is 8.28. The van der Waals surface area contributed by atoms with Gasteiger partial charge in [0.1, 0.15) is 0 Å². The number of hydrogen-bond acceptors (Lipinski definition) is 2. The van der Waals surface area contributed by atoms with Crippen LogP contribution in [0.4, 0.5) is 0 Å². The standard InChI is InChI=1S/C16H20N2O2/c19-15(7-9-17-16(20)13-5-6-13)18-10-8-12-3-1-2-4-14(12)11-18/h1-4,13H,5-11H2,(H,17,20). The van der Waals surface area contributed by atoms with Gasteiger partial charge in [-0.05, 0) is 30.4 Å². The van der Waals surface area contributed by atoms with Gasteiger partial charge in [0, 0.05) is 32.0 Å². The molecule has 1 heterocycles. The highest BCUT2D eigenvalue weighted by atomic mass is 16.2. The van der Waals surface area contributed by atoms with E-state index in [4.69, 9.17) is 0 Å². The van der Waals surface area contributed by atoms with E-state index in [1.807, 2.05) is 17.0 Å². The molecule has 0 bridgehead atoms. The van der Waals surface area contributed by atoms with Gasteiger partial charge in [-0.3, -0.25) is 9.59 Å². The molecule has 20 heavy (non-hydrogen) atoms. The lowest BCUT2D eigenvalue weighted by Crippen LogP contribution is -2.38. The van der Waals surface area contributed by atoms with Crippen LogP contribution in [-0.2, 0) is 22.6 Å². The molecule has 2 aliphatic rings. The monoisotopic (exact) mass is 272 g/mol. The number of carbonyl (C=O) groups is 2. The lowest BCUT2D eigenvalue weighted by atomic mass is 10.00. The minimum absolute atomic E-state index is 0.113. The van der Waals surface area contributed by atoms with Crippen molar-refractivity contribution < 1.29 is 9.59 Å². The largest absolute Gasteiger partial charge is 0.355 e. The van der Waals surface area contributed by atoms with Gasteiger partial charge in [0.2, 0.25) is 11.8 Å². The highest BCUT2D eigenvalue weighted by Gasteiger charge is 2.29. The average Bonchev–Trinajstić information content (AvgIpc) is 3.31. The molecule has 1 aromatic carbocycles. The number of rotatable bonds is 4. The van der Waals surface area contributed by atoms with Gasteiger partial charge in [0.25, 0.3) is 0 Å². The molecule has 0 spiro atoms. The Labute approximate surface area is 119 Å². The van der Waals surface area contributed by atoms with Gasteiger partial charge < -0.3 is 10.2 Å². The highest BCUT2D eigenvalue weighted by Crippen LogP contribution is 2.28. The van der Waals surface area contributed by atoms with Crippen LogP contribution < -0.4 is 5.32 Å². The Hall–Kier alpha value is -1.84. The van der Waals surface area contributed by atoms with Gasteiger partial charge in [-0.2, -0.15) is 0 Å². The van der Waals surface area contributed by atoms with Crippen molar-refractivity contribution in [3.8, 4) is 0 Å². The van der Waals surface area contributed by atoms with Crippen molar-refractivity contribution >= 4 is 11.8 Å². The third-order valence-corrected chi connectivity index (χ3v) is 4.07. The van der Waals surface area contributed by atoms with Crippen LogP contribution in [0.25, 0.3) is 0 Å². The summed E-state index contributed by atoms with van der Waals surface area (Å²) in [5.74, 6) is 0.462. The second-order valence-corrected chi connectivity index (χ2v) is 5.65. The topological polar surface area (TPSA) is 49.4 Å². The van der Waals surface area contributed by atoms with E-state index in [1.165, 1.54) is 11.1 Å². The van der Waals surface area contributed by atoms with Gasteiger partial charge in [-0.25, -0.2) is 0 Å². The second kappa shape index (κ2) is 5.65. The second-order valence-electron chi connectivity index (χ2n) is 5.65. The Morgan fingerprint density at radius 1 is 1.20 bits per heavy atom. The first-order valence-electron chi connectivity index (χ1n) is 7.36. The smallest absolute Gasteiger partial charge is 0.224 e. The van der Waals surface area contributed by atoms with E-state index in [9.17, 15) is 9.59 Å². The molecule has 1 fully saturated rings. The van der Waals surface area contributed by atoms with Crippen LogP contribution in [0.5, 0.6) is 0 Å². The zero-order valence-electron chi connectivity index (χ0n) is 11.6. The number of hydrogen-bond donors (Lipinski definition) is 1. The van der Waals surface area contributed by atoms with Crippen molar-refractivity contribution in [3.05, 3.63) is 35.4 Å². The lowest BCUT2D eigenvalue weighted by Gasteiger charge is -2.29. The maximum atomic E-state index is 12.1. The van der Waals surface area contributed by atoms with Crippen molar-refractivity contribution in [2.75, 3.05) is 13.1 Å². The predicted octanol–water partition coefficient (Wildman–Crippen LogP) is 1.49. The molecule has 1 N–H and O–H groups in total. The van der Waals surface area contributed by atoms with Crippen LogP contribution in [0.1, 0.15) is 30.4 Å². The summed E-state index contributed by atoms with van der Waals surface area (Å²) in [6.07, 6.45) is 3.34. The maximum absolute atomic E-state index is 12.1. The fraction of sp³-hybridized carbons (Fsp3) is 0.500. The third-order valence-electron chi connectivity index (χ3n) is 4.07. The van der Waals surface area contributed by atoms with Gasteiger partial charge >= 0.3 is 0 Å². The summed E-state index contributed by atoms with van der Waals surface area (Å²) in [6.45, 7) is 1.95. The van der Waals surface area contributed by atoms with Crippen molar-refractivity contribution in [2.45, 2.75) is 32.2 Å². The SMILES string of the molecule is O=C(NCCC(=O)N1CCc2ccccc2C1)C1CC1. The quantitative estimate of drug-likeness (QED) is 0.902. The molecule has 106 valence electrons. The Morgan fingerprint density at radius 2 is 1.95 bits per heavy atom. The van der Waals surface area contributed by atoms with Crippen LogP contribution >= 0.6 is 0 Å². The third kappa shape index (κ3) is 3.00. The average molecular weight is 272 g/mol. The van der Waals surface area contributed by atoms with Gasteiger partial charge in [0.05, 0.1) is 0 Å². The molecule has 0 atom stereocenters. The van der Waals surface area contributed by atoms with Crippen molar-refractivity contribution in [1.82, 2.24) is 10.2 Å². The van der Waals surface area contributed by atoms with E-state index in [-0.39, 0.29) is 17.7 Å². The molecule has 3 rings (SSSR count). The first kappa shape index (κ1) is 13.2. The molecule has 1 aromatic rings. The molecular weight excluding hydrogens is 252 g/mol. The van der Waals surface area contributed by atoms with E-state index in [0.29, 0.717) is 19.5 Å². The molecule has 0 unspecified atom stereocenters. The van der Waals surface area contributed by atoms with Crippen molar-refractivity contribution in [1.29, 1.82) is 0 Å². The van der Waals surface area contributed by atoms with Crippen LogP contribution in [0.2, 0.25) is 0 Å². The van der Waals surface area contributed by atoms with E-state index in [0.717, 1.165) is 25.8 Å². The molecule has 0 radical (unpaired) electrons. The van der Waals surface area contributed by atoms with Crippen LogP contribution in [0.15, 0.2) is 24.3 Å². The number of carbonyl (C=O) groups excluding carboxylic acids is 2. The fourth-order valence-corrected chi connectivity index (χ4v) is 2.65. The molecule has 1 saturated carbocycles. The van der Waals surface area contributed by atoms with Crippen molar-refractivity contribution in [2.24, 2.45) is 5.92 Å². The zero-order chi connectivity index (χ0) is 13.9. The van der Waals surface area contributed by atoms with E-state index >= 15 is 0 Å². The van der Waals surface area contributed by atoms with Gasteiger partial charge in [-0.15, -0.1) is 0 Å². The molecular formula is C16H20N2O2. The molecule has 0 saturated heterocycles. The minimum atomic E-state index is 0.113. The van der Waals surface area contributed by atoms with E-state index in [2.05, 4.69) is 17.4 Å². The summed E-state index contributed by atoms with van der Waals surface area (Å²) in [4.78, 5) is 25.5. The van der Waals surface area contributed by atoms with Crippen LogP contribution in [-0.4, -0.2) is 29.8 Å². The van der Waals surface area contributed by atoms with Crippen LogP contribution in [0, 0.1) is 5.92 Å². The number of nitrogens with zero attached hydrogens (tertiary/aromatic N) is 1. The fourth-order valence-electron chi connectivity index (χ4n) is 2.65. The zero-order valence-corrected chi connectivity index (χ0v) is 11.6. The molecule has 4 nitrogen and oxygen atoms in total. The molecule has 1 aliphatic carbocycles. The maximum Gasteiger partial charge on any atom is 0.224 e. The Bertz CT molecular complexity index is 523. The normalized spacial score (nSPS) is 17.5. The number of benzene rings is 1. The number of nitrogens with one attached hydrogen (secondary N) is 1. The summed E-state index contributed by atoms with van der Waals surface area (Å²) < 4.78 is 0. The lowest BCUT2D eigenvalue weighted by molar-refractivity contribution is -0.132. The number of fused-ring (bicyclic) bond motifs is 1. The van der Waals surface area contributed by atoms with E-state index < -0.39 is 0 Å². The Kier molecular flexibility index (Phi) is 3.72. The first-order chi connectivity index (χ1) is 9.74. The van der Waals surface area contributed by atoms with E-state index in [1.54, 1.807) is 0 Å². The molecule has 4 heteroatoms. The van der Waals surface area contributed by atoms with Gasteiger partial charge in [-0.1, -0.05) is 24.3 Å². The summed E-state index contributed by atoms with van der Waals surface area (Å²) >= 11 is 0. The van der Waals surface area contributed by atoms with Gasteiger partial charge in [0.15, 0.2) is 0 Å². The summed E-state index contributed by atoms with van der Waals surface area (Å²) in [5.41, 5.74) is 2.59. The first-order valence-corrected chi connectivity index (χ1v) is 7.36. The molecule has 1 aliphatic heterocycles. The molecule has 0 aromatic heterocycles. The van der Waals surface area contributed by atoms with Crippen molar-refractivity contribution in [3.63, 3.8) is 0 Å². The minimum Gasteiger partial charge on any atom is -0.355 e. The predicted molar refractivity (Wildman–Crippen MR) is 75.9 cm³/mol. The Balaban J connectivity index is 1.47. The summed E-state index contributed by atoms with van der Waals surface area (Å²) in [7, 11) is 0. The molecule has 2 amide bonds. The Morgan fingerprint density at radius 3 is 2.70 bits per heavy atom. The highest BCUT2D eigenvalue weighted by molar-refractivity contribution is 5.82. The number of amides is 2. The van der Waals surface area contributed by atoms with Crippen LogP contribution in [0.3, 0.4) is 0 Å². The summed E-state index contributed by atoms with van der Waals surface area (Å²) in [5, 5.41) is 2.85.